The van der Waals surface area contributed by atoms with Gasteiger partial charge in [0.05, 0.1) is 44.7 Å². The first-order valence-corrected chi connectivity index (χ1v) is 13.6. The van der Waals surface area contributed by atoms with Gasteiger partial charge in [-0.25, -0.2) is 0 Å². The zero-order chi connectivity index (χ0) is 28.8. The highest BCUT2D eigenvalue weighted by Crippen LogP contribution is 2.41. The summed E-state index contributed by atoms with van der Waals surface area (Å²) in [4.78, 5) is 9.37. The molecule has 0 atom stereocenters. The summed E-state index contributed by atoms with van der Waals surface area (Å²) in [6.07, 6.45) is 1.60. The van der Waals surface area contributed by atoms with Crippen molar-refractivity contribution in [1.29, 1.82) is 5.26 Å². The SMILES string of the molecule is COc1cc(Nc2c(C#N)cnc3cc(-c4cccc(CN5CCN(CCO)CC5)c4)ccc23)cc(OC)c1OC. The summed E-state index contributed by atoms with van der Waals surface area (Å²) in [5.74, 6) is 1.53. The highest BCUT2D eigenvalue weighted by molar-refractivity contribution is 5.98. The molecule has 212 valence electrons. The number of hydrogen-bond donors (Lipinski definition) is 2. The molecule has 41 heavy (non-hydrogen) atoms. The Morgan fingerprint density at radius 3 is 2.27 bits per heavy atom. The Bertz CT molecular complexity index is 1540. The lowest BCUT2D eigenvalue weighted by Crippen LogP contribution is -2.46. The molecule has 2 heterocycles. The molecule has 1 aromatic heterocycles. The Balaban J connectivity index is 1.42. The largest absolute Gasteiger partial charge is 0.493 e. The lowest BCUT2D eigenvalue weighted by Gasteiger charge is -2.34. The summed E-state index contributed by atoms with van der Waals surface area (Å²) in [7, 11) is 4.70. The van der Waals surface area contributed by atoms with E-state index in [-0.39, 0.29) is 6.61 Å². The Labute approximate surface area is 240 Å². The van der Waals surface area contributed by atoms with Gasteiger partial charge in [-0.1, -0.05) is 30.3 Å². The van der Waals surface area contributed by atoms with Crippen molar-refractivity contribution >= 4 is 22.3 Å². The number of benzene rings is 3. The van der Waals surface area contributed by atoms with E-state index in [0.717, 1.165) is 61.3 Å². The van der Waals surface area contributed by atoms with Crippen molar-refractivity contribution in [1.82, 2.24) is 14.8 Å². The lowest BCUT2D eigenvalue weighted by atomic mass is 10.00. The molecule has 0 radical (unpaired) electrons. The zero-order valence-electron chi connectivity index (χ0n) is 23.7. The Morgan fingerprint density at radius 2 is 1.61 bits per heavy atom. The van der Waals surface area contributed by atoms with E-state index in [0.29, 0.717) is 34.2 Å². The van der Waals surface area contributed by atoms with E-state index in [1.54, 1.807) is 39.7 Å². The first kappa shape index (κ1) is 28.2. The number of β-amino-alcohol motifs (C(OH)–C–C–N with tert-alkyl or cyclic N) is 1. The van der Waals surface area contributed by atoms with E-state index in [9.17, 15) is 10.4 Å². The quantitative estimate of drug-likeness (QED) is 0.290. The minimum Gasteiger partial charge on any atom is -0.493 e. The van der Waals surface area contributed by atoms with Gasteiger partial charge in [-0.2, -0.15) is 5.26 Å². The fourth-order valence-corrected chi connectivity index (χ4v) is 5.31. The number of aliphatic hydroxyl groups excluding tert-OH is 1. The molecular formula is C32H35N5O4. The van der Waals surface area contributed by atoms with Crippen molar-refractivity contribution in [3.63, 3.8) is 0 Å². The molecule has 1 saturated heterocycles. The Kier molecular flexibility index (Phi) is 8.85. The molecule has 5 rings (SSSR count). The normalized spacial score (nSPS) is 14.0. The maximum Gasteiger partial charge on any atom is 0.203 e. The van der Waals surface area contributed by atoms with E-state index in [1.165, 1.54) is 5.56 Å². The van der Waals surface area contributed by atoms with Crippen molar-refractivity contribution < 1.29 is 19.3 Å². The second-order valence-corrected chi connectivity index (χ2v) is 9.97. The topological polar surface area (TPSA) is 103 Å². The Hall–Kier alpha value is -4.36. The third-order valence-corrected chi connectivity index (χ3v) is 7.47. The number of nitrogens with zero attached hydrogens (tertiary/aromatic N) is 4. The summed E-state index contributed by atoms with van der Waals surface area (Å²) in [5, 5.41) is 23.3. The average molecular weight is 554 g/mol. The van der Waals surface area contributed by atoms with Crippen LogP contribution in [-0.2, 0) is 6.54 Å². The van der Waals surface area contributed by atoms with Crippen LogP contribution < -0.4 is 19.5 Å². The summed E-state index contributed by atoms with van der Waals surface area (Å²) >= 11 is 0. The van der Waals surface area contributed by atoms with Gasteiger partial charge in [0, 0.05) is 68.7 Å². The molecule has 0 spiro atoms. The van der Waals surface area contributed by atoms with Crippen molar-refractivity contribution in [3.8, 4) is 34.4 Å². The molecule has 0 amide bonds. The number of hydrogen-bond acceptors (Lipinski definition) is 9. The molecule has 0 unspecified atom stereocenters. The molecule has 0 saturated carbocycles. The first-order valence-electron chi connectivity index (χ1n) is 13.6. The second-order valence-electron chi connectivity index (χ2n) is 9.97. The van der Waals surface area contributed by atoms with E-state index in [1.807, 2.05) is 6.07 Å². The van der Waals surface area contributed by atoms with Crippen molar-refractivity contribution in [2.24, 2.45) is 0 Å². The van der Waals surface area contributed by atoms with E-state index in [2.05, 4.69) is 62.6 Å². The average Bonchev–Trinajstić information content (AvgIpc) is 3.01. The maximum absolute atomic E-state index is 9.86. The summed E-state index contributed by atoms with van der Waals surface area (Å²) < 4.78 is 16.4. The van der Waals surface area contributed by atoms with Gasteiger partial charge in [-0.15, -0.1) is 0 Å². The van der Waals surface area contributed by atoms with Gasteiger partial charge < -0.3 is 24.6 Å². The van der Waals surface area contributed by atoms with Crippen LogP contribution in [0.15, 0.2) is 60.8 Å². The molecule has 9 heteroatoms. The van der Waals surface area contributed by atoms with Crippen LogP contribution in [0.2, 0.25) is 0 Å². The highest BCUT2D eigenvalue weighted by atomic mass is 16.5. The second kappa shape index (κ2) is 12.9. The molecule has 1 aliphatic rings. The van der Waals surface area contributed by atoms with Gasteiger partial charge in [0.1, 0.15) is 6.07 Å². The minimum absolute atomic E-state index is 0.211. The molecule has 9 nitrogen and oxygen atoms in total. The molecule has 0 aliphatic carbocycles. The van der Waals surface area contributed by atoms with Gasteiger partial charge in [-0.05, 0) is 28.8 Å². The molecule has 0 bridgehead atoms. The van der Waals surface area contributed by atoms with E-state index in [4.69, 9.17) is 14.2 Å². The third kappa shape index (κ3) is 6.20. The number of piperazine rings is 1. The number of methoxy groups -OCH3 is 3. The molecular weight excluding hydrogens is 518 g/mol. The van der Waals surface area contributed by atoms with Crippen LogP contribution in [0.1, 0.15) is 11.1 Å². The number of rotatable bonds is 10. The van der Waals surface area contributed by atoms with Crippen molar-refractivity contribution in [2.45, 2.75) is 6.54 Å². The standard InChI is InChI=1S/C32H35N5O4/c1-39-29-17-26(18-30(40-2)32(29)41-3)35-31-25(19-33)20-34-28-16-24(7-8-27(28)31)23-6-4-5-22(15-23)21-37-11-9-36(10-12-37)13-14-38/h4-8,15-18,20,38H,9-14,21H2,1-3H3,(H,34,35). The van der Waals surface area contributed by atoms with Crippen molar-refractivity contribution in [3.05, 3.63) is 71.9 Å². The zero-order valence-corrected chi connectivity index (χ0v) is 23.7. The number of anilines is 2. The van der Waals surface area contributed by atoms with Crippen LogP contribution in [0.5, 0.6) is 17.2 Å². The summed E-state index contributed by atoms with van der Waals surface area (Å²) in [6, 6.07) is 20.6. The van der Waals surface area contributed by atoms with Gasteiger partial charge in [0.25, 0.3) is 0 Å². The molecule has 1 aliphatic heterocycles. The van der Waals surface area contributed by atoms with Crippen LogP contribution in [0, 0.1) is 11.3 Å². The van der Waals surface area contributed by atoms with E-state index >= 15 is 0 Å². The number of pyridine rings is 1. The van der Waals surface area contributed by atoms with Gasteiger partial charge >= 0.3 is 0 Å². The predicted molar refractivity (Wildman–Crippen MR) is 160 cm³/mol. The lowest BCUT2D eigenvalue weighted by molar-refractivity contribution is 0.108. The van der Waals surface area contributed by atoms with Crippen molar-refractivity contribution in [2.75, 3.05) is 66.0 Å². The predicted octanol–water partition coefficient (Wildman–Crippen LogP) is 4.65. The van der Waals surface area contributed by atoms with Gasteiger partial charge in [0.2, 0.25) is 5.75 Å². The van der Waals surface area contributed by atoms with Crippen LogP contribution in [0.25, 0.3) is 22.0 Å². The van der Waals surface area contributed by atoms with Gasteiger partial charge in [-0.3, -0.25) is 14.8 Å². The number of aliphatic hydroxyl groups is 1. The molecule has 1 fully saturated rings. The Morgan fingerprint density at radius 1 is 0.902 bits per heavy atom. The third-order valence-electron chi connectivity index (χ3n) is 7.47. The number of nitriles is 1. The fraction of sp³-hybridized carbons (Fsp3) is 0.312. The van der Waals surface area contributed by atoms with Crippen LogP contribution >= 0.6 is 0 Å². The van der Waals surface area contributed by atoms with Crippen LogP contribution in [0.4, 0.5) is 11.4 Å². The monoisotopic (exact) mass is 553 g/mol. The molecule has 2 N–H and O–H groups in total. The van der Waals surface area contributed by atoms with Crippen LogP contribution in [0.3, 0.4) is 0 Å². The minimum atomic E-state index is 0.211. The summed E-state index contributed by atoms with van der Waals surface area (Å²) in [5.41, 5.74) is 6.00. The number of nitrogens with one attached hydrogen (secondary N) is 1. The highest BCUT2D eigenvalue weighted by Gasteiger charge is 2.18. The molecule has 4 aromatic rings. The smallest absolute Gasteiger partial charge is 0.203 e. The number of fused-ring (bicyclic) bond motifs is 1. The first-order chi connectivity index (χ1) is 20.1. The number of ether oxygens (including phenoxy) is 3. The fourth-order valence-electron chi connectivity index (χ4n) is 5.31. The summed E-state index contributed by atoms with van der Waals surface area (Å²) in [6.45, 7) is 5.79. The van der Waals surface area contributed by atoms with E-state index < -0.39 is 0 Å². The molecule has 3 aromatic carbocycles. The van der Waals surface area contributed by atoms with Crippen LogP contribution in [-0.4, -0.2) is 80.6 Å². The van der Waals surface area contributed by atoms with Gasteiger partial charge in [0.15, 0.2) is 11.5 Å². The maximum atomic E-state index is 9.86. The number of aromatic nitrogens is 1.